The SMILES string of the molecule is CC[C@H]1OC(=O)[C@H](C)[C@@H](O[C@H]2C[C@@](C)(OC)[C@@H](O)[C@H](C)O2)[C@H](I)[C@@H](O[C@@H]2O[C@H](C)C[C@H]3[C@H]2OC(=O)N3C)[C@](C)(OC)C[C@@H](C)C(=O)[C@H](C)[C@H]2OC(=O)C[C@@]21C. The predicted octanol–water partition coefficient (Wildman–Crippen LogP) is 4.35. The van der Waals surface area contributed by atoms with Gasteiger partial charge in [0.2, 0.25) is 0 Å². The highest BCUT2D eigenvalue weighted by atomic mass is 127. The van der Waals surface area contributed by atoms with Crippen molar-refractivity contribution >= 4 is 46.4 Å². The highest BCUT2D eigenvalue weighted by Crippen LogP contribution is 2.47. The monoisotopic (exact) mass is 895 g/mol. The number of aliphatic hydroxyl groups is 1. The lowest BCUT2D eigenvalue weighted by molar-refractivity contribution is -0.302. The fourth-order valence-corrected chi connectivity index (χ4v) is 11.2. The van der Waals surface area contributed by atoms with Crippen molar-refractivity contribution in [2.45, 2.75) is 177 Å². The molecule has 0 aliphatic carbocycles. The standard InChI is InChI=1S/C39H62INO14/c1-13-24-37(7)16-25(42)52-32(37)20(4)28(43)18(2)15-39(9,48-12)33(55-35-30-23(14-19(3)49-35)41(10)36(46)54-30)27(40)29(21(5)34(45)51-24)53-26-17-38(8,47-11)31(44)22(6)50-26/h18-24,26-27,29-33,35,44H,13-17H2,1-12H3/t18-,19-,20+,21-,22+,23+,24-,26+,27+,29-,30-,31+,32-,33-,35+,37-,38-,39-/m1/s1. The molecule has 0 aromatic rings. The number of likely N-dealkylation sites (N-methyl/N-ethyl adjacent to an activating group) is 1. The molecule has 5 rings (SSSR count). The van der Waals surface area contributed by atoms with Crippen molar-refractivity contribution in [3.8, 4) is 0 Å². The molecule has 5 aliphatic heterocycles. The van der Waals surface area contributed by atoms with Crippen LogP contribution in [0.25, 0.3) is 0 Å². The summed E-state index contributed by atoms with van der Waals surface area (Å²) in [5, 5.41) is 11.0. The lowest BCUT2D eigenvalue weighted by Crippen LogP contribution is -2.61. The third kappa shape index (κ3) is 8.44. The lowest BCUT2D eigenvalue weighted by Gasteiger charge is -2.48. The quantitative estimate of drug-likeness (QED) is 0.165. The Morgan fingerprint density at radius 3 is 2.16 bits per heavy atom. The topological polar surface area (TPSA) is 175 Å². The van der Waals surface area contributed by atoms with Gasteiger partial charge in [-0.15, -0.1) is 0 Å². The van der Waals surface area contributed by atoms with E-state index in [2.05, 4.69) is 22.6 Å². The van der Waals surface area contributed by atoms with Crippen molar-refractivity contribution in [2.24, 2.45) is 23.2 Å². The largest absolute Gasteiger partial charge is 0.461 e. The molecule has 0 aromatic carbocycles. The van der Waals surface area contributed by atoms with Crippen LogP contribution in [0, 0.1) is 23.2 Å². The maximum Gasteiger partial charge on any atom is 0.410 e. The van der Waals surface area contributed by atoms with Crippen molar-refractivity contribution in [1.29, 1.82) is 0 Å². The molecule has 0 aromatic heterocycles. The van der Waals surface area contributed by atoms with Crippen LogP contribution in [-0.2, 0) is 57.0 Å². The van der Waals surface area contributed by atoms with Gasteiger partial charge in [-0.05, 0) is 53.9 Å². The fraction of sp³-hybridized carbons (Fsp3) is 0.897. The van der Waals surface area contributed by atoms with Crippen molar-refractivity contribution in [2.75, 3.05) is 21.3 Å². The first-order valence-corrected chi connectivity index (χ1v) is 20.8. The molecule has 15 nitrogen and oxygen atoms in total. The third-order valence-electron chi connectivity index (χ3n) is 13.1. The average Bonchev–Trinajstić information content (AvgIpc) is 3.61. The van der Waals surface area contributed by atoms with E-state index in [4.69, 9.17) is 42.6 Å². The van der Waals surface area contributed by atoms with E-state index in [1.54, 1.807) is 39.6 Å². The minimum absolute atomic E-state index is 0.0160. The molecule has 0 unspecified atom stereocenters. The van der Waals surface area contributed by atoms with E-state index in [-0.39, 0.29) is 37.2 Å². The summed E-state index contributed by atoms with van der Waals surface area (Å²) in [5.41, 5.74) is -3.24. The number of carbonyl (C=O) groups excluding carboxylic acids is 4. The van der Waals surface area contributed by atoms with E-state index in [1.807, 2.05) is 34.6 Å². The van der Waals surface area contributed by atoms with E-state index in [0.717, 1.165) is 0 Å². The zero-order valence-electron chi connectivity index (χ0n) is 34.3. The van der Waals surface area contributed by atoms with Crippen molar-refractivity contribution in [3.05, 3.63) is 0 Å². The molecule has 5 heterocycles. The van der Waals surface area contributed by atoms with Crippen LogP contribution in [-0.4, -0.2) is 138 Å². The summed E-state index contributed by atoms with van der Waals surface area (Å²) >= 11 is 2.20. The van der Waals surface area contributed by atoms with E-state index in [9.17, 15) is 24.3 Å². The van der Waals surface area contributed by atoms with Crippen LogP contribution < -0.4 is 0 Å². The number of ether oxygens (including phenoxy) is 9. The van der Waals surface area contributed by atoms with Gasteiger partial charge in [-0.1, -0.05) is 50.3 Å². The van der Waals surface area contributed by atoms with Gasteiger partial charge in [0.1, 0.15) is 30.2 Å². The van der Waals surface area contributed by atoms with Crippen LogP contribution in [0.5, 0.6) is 0 Å². The number of nitrogens with zero attached hydrogens (tertiary/aromatic N) is 1. The molecule has 0 bridgehead atoms. The summed E-state index contributed by atoms with van der Waals surface area (Å²) in [6, 6.07) is -0.312. The zero-order valence-corrected chi connectivity index (χ0v) is 36.4. The molecule has 5 saturated heterocycles. The van der Waals surface area contributed by atoms with Crippen LogP contribution >= 0.6 is 22.6 Å². The Morgan fingerprint density at radius 1 is 0.891 bits per heavy atom. The normalized spacial score (nSPS) is 48.7. The number of hydrogen-bond donors (Lipinski definition) is 1. The number of cyclic esters (lactones) is 1. The summed E-state index contributed by atoms with van der Waals surface area (Å²) in [6.45, 7) is 16.2. The highest BCUT2D eigenvalue weighted by Gasteiger charge is 2.59. The first kappa shape index (κ1) is 44.4. The number of alkyl halides is 1. The van der Waals surface area contributed by atoms with Gasteiger partial charge < -0.3 is 52.6 Å². The number of aliphatic hydroxyl groups excluding tert-OH is 1. The Labute approximate surface area is 338 Å². The van der Waals surface area contributed by atoms with E-state index in [1.165, 1.54) is 14.2 Å². The second-order valence-corrected chi connectivity index (χ2v) is 18.6. The molecular weight excluding hydrogens is 833 g/mol. The minimum atomic E-state index is -1.23. The zero-order chi connectivity index (χ0) is 40.9. The highest BCUT2D eigenvalue weighted by molar-refractivity contribution is 14.1. The summed E-state index contributed by atoms with van der Waals surface area (Å²) < 4.78 is 55.7. The molecule has 55 heavy (non-hydrogen) atoms. The molecule has 0 saturated carbocycles. The Morgan fingerprint density at radius 2 is 1.55 bits per heavy atom. The lowest BCUT2D eigenvalue weighted by atomic mass is 9.69. The number of amides is 1. The van der Waals surface area contributed by atoms with Crippen molar-refractivity contribution < 1.29 is 66.9 Å². The second-order valence-electron chi connectivity index (χ2n) is 17.1. The number of carbonyl (C=O) groups is 4. The molecule has 16 heteroatoms. The number of halogens is 1. The molecule has 5 fully saturated rings. The molecule has 1 amide bonds. The fourth-order valence-electron chi connectivity index (χ4n) is 9.47. The summed E-state index contributed by atoms with van der Waals surface area (Å²) in [4.78, 5) is 56.2. The van der Waals surface area contributed by atoms with Crippen LogP contribution in [0.15, 0.2) is 0 Å². The van der Waals surface area contributed by atoms with E-state index < -0.39 is 112 Å². The number of esters is 2. The summed E-state index contributed by atoms with van der Waals surface area (Å²) in [7, 11) is 4.73. The molecule has 1 N–H and O–H groups in total. The van der Waals surface area contributed by atoms with Crippen LogP contribution in [0.4, 0.5) is 4.79 Å². The summed E-state index contributed by atoms with van der Waals surface area (Å²) in [5.74, 6) is -3.47. The Balaban J connectivity index is 1.62. The molecule has 5 aliphatic rings. The van der Waals surface area contributed by atoms with Crippen LogP contribution in [0.3, 0.4) is 0 Å². The molecule has 0 spiro atoms. The maximum absolute atomic E-state index is 14.5. The number of ketones is 1. The maximum atomic E-state index is 14.5. The predicted molar refractivity (Wildman–Crippen MR) is 204 cm³/mol. The number of fused-ring (bicyclic) bond motifs is 2. The molecule has 0 radical (unpaired) electrons. The van der Waals surface area contributed by atoms with E-state index in [0.29, 0.717) is 12.8 Å². The van der Waals surface area contributed by atoms with Gasteiger partial charge in [0.05, 0.1) is 63.2 Å². The number of Topliss-reactive ketones (excluding diaryl/α,β-unsaturated/α-hetero) is 1. The Kier molecular flexibility index (Phi) is 13.7. The molecular formula is C39H62INO14. The van der Waals surface area contributed by atoms with Crippen molar-refractivity contribution in [3.63, 3.8) is 0 Å². The van der Waals surface area contributed by atoms with Crippen LogP contribution in [0.1, 0.15) is 94.4 Å². The first-order chi connectivity index (χ1) is 25.6. The van der Waals surface area contributed by atoms with Crippen LogP contribution in [0.2, 0.25) is 0 Å². The number of hydrogen-bond acceptors (Lipinski definition) is 14. The average molecular weight is 896 g/mol. The van der Waals surface area contributed by atoms with Gasteiger partial charge in [-0.3, -0.25) is 14.4 Å². The Hall–Kier alpha value is -1.67. The van der Waals surface area contributed by atoms with Gasteiger partial charge in [0.25, 0.3) is 0 Å². The van der Waals surface area contributed by atoms with Gasteiger partial charge >= 0.3 is 18.0 Å². The number of rotatable bonds is 7. The van der Waals surface area contributed by atoms with Gasteiger partial charge in [0.15, 0.2) is 18.7 Å². The first-order valence-electron chi connectivity index (χ1n) is 19.6. The van der Waals surface area contributed by atoms with Gasteiger partial charge in [-0.25, -0.2) is 4.79 Å². The van der Waals surface area contributed by atoms with E-state index >= 15 is 0 Å². The second kappa shape index (κ2) is 16.9. The Bertz CT molecular complexity index is 1440. The molecule has 18 atom stereocenters. The third-order valence-corrected chi connectivity index (χ3v) is 14.5. The minimum Gasteiger partial charge on any atom is -0.461 e. The smallest absolute Gasteiger partial charge is 0.410 e. The molecule has 314 valence electrons. The summed E-state index contributed by atoms with van der Waals surface area (Å²) in [6.07, 6.45) is -7.49. The van der Waals surface area contributed by atoms with Gasteiger partial charge in [0, 0.05) is 33.6 Å². The number of methoxy groups -OCH3 is 2. The van der Waals surface area contributed by atoms with Crippen molar-refractivity contribution in [1.82, 2.24) is 4.90 Å². The van der Waals surface area contributed by atoms with Gasteiger partial charge in [-0.2, -0.15) is 0 Å².